The number of nitrogens with one attached hydrogen (secondary N) is 2. The first-order valence-corrected chi connectivity index (χ1v) is 10.5. The first-order chi connectivity index (χ1) is 16.1. The van der Waals surface area contributed by atoms with Gasteiger partial charge in [-0.2, -0.15) is 4.98 Å². The van der Waals surface area contributed by atoms with E-state index in [0.717, 1.165) is 16.9 Å². The molecule has 3 heterocycles. The third-order valence-corrected chi connectivity index (χ3v) is 5.48. The summed E-state index contributed by atoms with van der Waals surface area (Å²) in [6.45, 7) is 1.87. The number of aromatic nitrogens is 4. The van der Waals surface area contributed by atoms with Crippen LogP contribution in [0.2, 0.25) is 0 Å². The predicted octanol–water partition coefficient (Wildman–Crippen LogP) is 4.28. The van der Waals surface area contributed by atoms with Gasteiger partial charge in [0.25, 0.3) is 5.91 Å². The third kappa shape index (κ3) is 3.94. The summed E-state index contributed by atoms with van der Waals surface area (Å²) in [7, 11) is 1.60. The van der Waals surface area contributed by atoms with Crippen LogP contribution in [0.3, 0.4) is 0 Å². The fourth-order valence-corrected chi connectivity index (χ4v) is 3.87. The van der Waals surface area contributed by atoms with Gasteiger partial charge in [-0.25, -0.2) is 4.68 Å². The lowest BCUT2D eigenvalue weighted by Crippen LogP contribution is -2.31. The number of carbonyl (C=O) groups is 1. The molecule has 5 rings (SSSR count). The van der Waals surface area contributed by atoms with Crippen molar-refractivity contribution >= 4 is 17.5 Å². The maximum absolute atomic E-state index is 13.5. The minimum absolute atomic E-state index is 0.235. The smallest absolute Gasteiger partial charge is 0.255 e. The Morgan fingerprint density at radius 2 is 1.85 bits per heavy atom. The van der Waals surface area contributed by atoms with Gasteiger partial charge in [0.2, 0.25) is 5.95 Å². The molecule has 0 spiro atoms. The summed E-state index contributed by atoms with van der Waals surface area (Å²) in [5, 5.41) is 11.0. The molecule has 1 atom stereocenters. The fraction of sp³-hybridized carbons (Fsp3) is 0.120. The normalized spacial score (nSPS) is 14.9. The summed E-state index contributed by atoms with van der Waals surface area (Å²) in [5.74, 6) is 1.64. The summed E-state index contributed by atoms with van der Waals surface area (Å²) < 4.78 is 6.95. The second kappa shape index (κ2) is 8.58. The molecule has 33 heavy (non-hydrogen) atoms. The number of anilines is 2. The van der Waals surface area contributed by atoms with Gasteiger partial charge in [-0.1, -0.05) is 36.4 Å². The largest absolute Gasteiger partial charge is 0.497 e. The monoisotopic (exact) mass is 438 g/mol. The highest BCUT2D eigenvalue weighted by molar-refractivity contribution is 6.06. The first kappa shape index (κ1) is 20.4. The lowest BCUT2D eigenvalue weighted by atomic mass is 9.96. The summed E-state index contributed by atoms with van der Waals surface area (Å²) in [6.07, 6.45) is 3.45. The summed E-state index contributed by atoms with van der Waals surface area (Å²) in [6, 6.07) is 20.2. The molecule has 1 aliphatic rings. The van der Waals surface area contributed by atoms with Gasteiger partial charge in [0.1, 0.15) is 11.8 Å². The zero-order valence-corrected chi connectivity index (χ0v) is 18.2. The minimum Gasteiger partial charge on any atom is -0.497 e. The van der Waals surface area contributed by atoms with Crippen LogP contribution in [0.25, 0.3) is 11.4 Å². The number of rotatable bonds is 5. The maximum atomic E-state index is 13.5. The van der Waals surface area contributed by atoms with Crippen molar-refractivity contribution in [3.8, 4) is 17.1 Å². The molecule has 0 saturated carbocycles. The number of benzene rings is 2. The van der Waals surface area contributed by atoms with E-state index in [-0.39, 0.29) is 5.91 Å². The van der Waals surface area contributed by atoms with Crippen LogP contribution in [-0.4, -0.2) is 32.8 Å². The second-order valence-electron chi connectivity index (χ2n) is 7.60. The highest BCUT2D eigenvalue weighted by Gasteiger charge is 2.34. The van der Waals surface area contributed by atoms with Crippen molar-refractivity contribution in [1.29, 1.82) is 0 Å². The SMILES string of the molecule is COc1ccc(NC(=O)C2=C(C)Nc3nc(-c4ccccc4)nn3[C@H]2c2cccnc2)cc1. The summed E-state index contributed by atoms with van der Waals surface area (Å²) >= 11 is 0. The van der Waals surface area contributed by atoms with Gasteiger partial charge in [-0.05, 0) is 42.8 Å². The van der Waals surface area contributed by atoms with E-state index in [4.69, 9.17) is 9.84 Å². The number of hydrogen-bond donors (Lipinski definition) is 2. The van der Waals surface area contributed by atoms with Crippen molar-refractivity contribution in [2.45, 2.75) is 13.0 Å². The summed E-state index contributed by atoms with van der Waals surface area (Å²) in [4.78, 5) is 22.4. The van der Waals surface area contributed by atoms with E-state index in [1.807, 2.05) is 49.4 Å². The zero-order valence-electron chi connectivity index (χ0n) is 18.2. The lowest BCUT2D eigenvalue weighted by Gasteiger charge is -2.28. The number of methoxy groups -OCH3 is 1. The molecule has 0 fully saturated rings. The Bertz CT molecular complexity index is 1310. The van der Waals surface area contributed by atoms with Crippen molar-refractivity contribution in [3.63, 3.8) is 0 Å². The number of hydrogen-bond acceptors (Lipinski definition) is 6. The Morgan fingerprint density at radius 3 is 2.55 bits per heavy atom. The van der Waals surface area contributed by atoms with E-state index in [0.29, 0.717) is 28.7 Å². The number of allylic oxidation sites excluding steroid dienone is 1. The summed E-state index contributed by atoms with van der Waals surface area (Å²) in [5.41, 5.74) is 3.64. The zero-order chi connectivity index (χ0) is 22.8. The molecule has 2 aromatic carbocycles. The van der Waals surface area contributed by atoms with Crippen LogP contribution >= 0.6 is 0 Å². The van der Waals surface area contributed by atoms with Crippen LogP contribution in [0, 0.1) is 0 Å². The van der Waals surface area contributed by atoms with Crippen molar-refractivity contribution in [2.75, 3.05) is 17.7 Å². The molecule has 4 aromatic rings. The molecule has 1 amide bonds. The number of amides is 1. The molecule has 0 unspecified atom stereocenters. The van der Waals surface area contributed by atoms with Crippen LogP contribution in [0.1, 0.15) is 18.5 Å². The van der Waals surface area contributed by atoms with E-state index >= 15 is 0 Å². The van der Waals surface area contributed by atoms with Crippen LogP contribution in [0.5, 0.6) is 5.75 Å². The average molecular weight is 438 g/mol. The molecule has 2 aromatic heterocycles. The van der Waals surface area contributed by atoms with Gasteiger partial charge in [0, 0.05) is 29.3 Å². The molecule has 0 radical (unpaired) electrons. The molecule has 164 valence electrons. The van der Waals surface area contributed by atoms with Gasteiger partial charge in [-0.3, -0.25) is 9.78 Å². The van der Waals surface area contributed by atoms with Crippen LogP contribution < -0.4 is 15.4 Å². The van der Waals surface area contributed by atoms with Crippen LogP contribution in [0.15, 0.2) is 90.4 Å². The molecule has 1 aliphatic heterocycles. The van der Waals surface area contributed by atoms with Crippen molar-refractivity contribution in [3.05, 3.63) is 96.0 Å². The number of ether oxygens (including phenoxy) is 1. The van der Waals surface area contributed by atoms with Gasteiger partial charge in [0.15, 0.2) is 5.82 Å². The van der Waals surface area contributed by atoms with E-state index in [9.17, 15) is 4.79 Å². The highest BCUT2D eigenvalue weighted by atomic mass is 16.5. The van der Waals surface area contributed by atoms with Crippen molar-refractivity contribution < 1.29 is 9.53 Å². The highest BCUT2D eigenvalue weighted by Crippen LogP contribution is 2.36. The molecule has 8 nitrogen and oxygen atoms in total. The Balaban J connectivity index is 1.55. The first-order valence-electron chi connectivity index (χ1n) is 10.5. The van der Waals surface area contributed by atoms with Crippen molar-refractivity contribution in [2.24, 2.45) is 0 Å². The molecule has 0 bridgehead atoms. The maximum Gasteiger partial charge on any atom is 0.255 e. The Morgan fingerprint density at radius 1 is 1.06 bits per heavy atom. The average Bonchev–Trinajstić information content (AvgIpc) is 3.28. The molecule has 0 aliphatic carbocycles. The van der Waals surface area contributed by atoms with E-state index in [2.05, 4.69) is 20.6 Å². The van der Waals surface area contributed by atoms with E-state index in [1.54, 1.807) is 48.5 Å². The van der Waals surface area contributed by atoms with E-state index < -0.39 is 6.04 Å². The number of pyridine rings is 1. The van der Waals surface area contributed by atoms with Gasteiger partial charge in [0.05, 0.1) is 12.7 Å². The standard InChI is InChI=1S/C25H22N6O2/c1-16-21(24(32)28-19-10-12-20(33-2)13-11-19)22(18-9-6-14-26-15-18)31-25(27-16)29-23(30-31)17-7-4-3-5-8-17/h3-15,22H,1-2H3,(H,28,32)(H,27,29,30)/t22-/m0/s1. The van der Waals surface area contributed by atoms with Gasteiger partial charge in [-0.15, -0.1) is 5.10 Å². The third-order valence-electron chi connectivity index (χ3n) is 5.48. The topological polar surface area (TPSA) is 94.0 Å². The molecular weight excluding hydrogens is 416 g/mol. The van der Waals surface area contributed by atoms with Gasteiger partial charge >= 0.3 is 0 Å². The number of carbonyl (C=O) groups excluding carboxylic acids is 1. The Kier molecular flexibility index (Phi) is 5.32. The molecule has 8 heteroatoms. The number of nitrogens with zero attached hydrogens (tertiary/aromatic N) is 4. The lowest BCUT2D eigenvalue weighted by molar-refractivity contribution is -0.113. The Labute approximate surface area is 191 Å². The fourth-order valence-electron chi connectivity index (χ4n) is 3.87. The number of fused-ring (bicyclic) bond motifs is 1. The Hall–Kier alpha value is -4.46. The van der Waals surface area contributed by atoms with Crippen LogP contribution in [-0.2, 0) is 4.79 Å². The predicted molar refractivity (Wildman–Crippen MR) is 126 cm³/mol. The molecule has 0 saturated heterocycles. The molecule has 2 N–H and O–H groups in total. The van der Waals surface area contributed by atoms with E-state index in [1.165, 1.54) is 0 Å². The van der Waals surface area contributed by atoms with Crippen molar-refractivity contribution in [1.82, 2.24) is 19.7 Å². The minimum atomic E-state index is -0.488. The quantitative estimate of drug-likeness (QED) is 0.483. The molecular formula is C25H22N6O2. The van der Waals surface area contributed by atoms with Crippen LogP contribution in [0.4, 0.5) is 11.6 Å². The second-order valence-corrected chi connectivity index (χ2v) is 7.60. The van der Waals surface area contributed by atoms with Gasteiger partial charge < -0.3 is 15.4 Å².